The van der Waals surface area contributed by atoms with Gasteiger partial charge in [0.25, 0.3) is 0 Å². The number of carbonyl (C=O) groups is 1. The Morgan fingerprint density at radius 2 is 1.82 bits per heavy atom. The number of thiazole rings is 1. The summed E-state index contributed by atoms with van der Waals surface area (Å²) >= 11 is 4.62. The average molecular weight is 492 g/mol. The molecule has 8 heteroatoms. The molecule has 5 aromatic rings. The maximum atomic E-state index is 14.1. The minimum Gasteiger partial charge on any atom is -0.325 e. The van der Waals surface area contributed by atoms with Crippen molar-refractivity contribution in [1.29, 1.82) is 0 Å². The zero-order chi connectivity index (χ0) is 22.6. The quantitative estimate of drug-likeness (QED) is 0.248. The van der Waals surface area contributed by atoms with E-state index in [1.807, 2.05) is 60.7 Å². The van der Waals surface area contributed by atoms with Gasteiger partial charge in [0.2, 0.25) is 5.91 Å². The molecule has 3 aromatic carbocycles. The molecule has 0 aliphatic carbocycles. The van der Waals surface area contributed by atoms with E-state index in [9.17, 15) is 9.18 Å². The number of anilines is 1. The Labute approximate surface area is 202 Å². The maximum Gasteiger partial charge on any atom is 0.234 e. The van der Waals surface area contributed by atoms with Crippen molar-refractivity contribution in [2.24, 2.45) is 0 Å². The van der Waals surface area contributed by atoms with Crippen LogP contribution in [-0.2, 0) is 10.5 Å². The van der Waals surface area contributed by atoms with Crippen molar-refractivity contribution in [3.8, 4) is 0 Å². The van der Waals surface area contributed by atoms with Gasteiger partial charge in [-0.1, -0.05) is 59.9 Å². The third-order valence-electron chi connectivity index (χ3n) is 4.95. The Kier molecular flexibility index (Phi) is 6.57. The predicted molar refractivity (Wildman–Crippen MR) is 137 cm³/mol. The Hall–Kier alpha value is -2.94. The van der Waals surface area contributed by atoms with E-state index in [0.717, 1.165) is 36.2 Å². The number of rotatable bonds is 7. The van der Waals surface area contributed by atoms with Crippen molar-refractivity contribution < 1.29 is 9.18 Å². The normalized spacial score (nSPS) is 11.2. The Morgan fingerprint density at radius 3 is 2.67 bits per heavy atom. The molecular formula is C25H18FN3OS3. The van der Waals surface area contributed by atoms with Crippen molar-refractivity contribution in [3.05, 3.63) is 90.4 Å². The highest BCUT2D eigenvalue weighted by molar-refractivity contribution is 8.00. The highest BCUT2D eigenvalue weighted by Crippen LogP contribution is 2.34. The molecule has 4 nitrogen and oxygen atoms in total. The van der Waals surface area contributed by atoms with E-state index in [4.69, 9.17) is 4.98 Å². The van der Waals surface area contributed by atoms with Crippen molar-refractivity contribution in [2.75, 3.05) is 11.1 Å². The zero-order valence-corrected chi connectivity index (χ0v) is 19.8. The molecule has 0 unspecified atom stereocenters. The molecule has 33 heavy (non-hydrogen) atoms. The van der Waals surface area contributed by atoms with Gasteiger partial charge < -0.3 is 5.32 Å². The number of thioether (sulfide) groups is 2. The van der Waals surface area contributed by atoms with E-state index in [2.05, 4.69) is 10.3 Å². The second kappa shape index (κ2) is 9.91. The number of hydrogen-bond acceptors (Lipinski definition) is 6. The lowest BCUT2D eigenvalue weighted by Crippen LogP contribution is -2.13. The largest absolute Gasteiger partial charge is 0.325 e. The van der Waals surface area contributed by atoms with Crippen molar-refractivity contribution >= 4 is 67.4 Å². The lowest BCUT2D eigenvalue weighted by atomic mass is 10.1. The van der Waals surface area contributed by atoms with Gasteiger partial charge in [0.15, 0.2) is 4.34 Å². The molecule has 0 radical (unpaired) electrons. The van der Waals surface area contributed by atoms with Crippen molar-refractivity contribution in [3.63, 3.8) is 0 Å². The number of pyridine rings is 1. The number of nitrogens with zero attached hydrogens (tertiary/aromatic N) is 2. The molecule has 0 aliphatic rings. The summed E-state index contributed by atoms with van der Waals surface area (Å²) in [5, 5.41) is 5.34. The third kappa shape index (κ3) is 5.19. The molecule has 0 saturated heterocycles. The SMILES string of the molecule is O=C(CSc1ccccn1)Nc1ccc2nc(SCc3ccc(F)c4ccccc34)sc2c1. The van der Waals surface area contributed by atoms with E-state index in [1.54, 1.807) is 35.4 Å². The molecule has 2 heterocycles. The van der Waals surface area contributed by atoms with Crippen LogP contribution in [0.25, 0.3) is 21.0 Å². The molecule has 0 atom stereocenters. The molecule has 1 N–H and O–H groups in total. The smallest absolute Gasteiger partial charge is 0.234 e. The predicted octanol–water partition coefficient (Wildman–Crippen LogP) is 7.01. The fourth-order valence-electron chi connectivity index (χ4n) is 3.40. The standard InChI is InChI=1S/C25H18FN3OS3/c26-20-10-8-16(18-5-1-2-6-19(18)20)14-32-25-29-21-11-9-17(13-22(21)33-25)28-23(30)15-31-24-7-3-4-12-27-24/h1-13H,14-15H2,(H,28,30). The van der Waals surface area contributed by atoms with E-state index < -0.39 is 0 Å². The molecule has 0 saturated carbocycles. The Bertz CT molecular complexity index is 1440. The van der Waals surface area contributed by atoms with Gasteiger partial charge >= 0.3 is 0 Å². The van der Waals surface area contributed by atoms with Gasteiger partial charge in [-0.3, -0.25) is 4.79 Å². The minimum absolute atomic E-state index is 0.0766. The number of amides is 1. The van der Waals surface area contributed by atoms with Crippen LogP contribution in [0.5, 0.6) is 0 Å². The van der Waals surface area contributed by atoms with Crippen LogP contribution in [0.2, 0.25) is 0 Å². The number of fused-ring (bicyclic) bond motifs is 2. The number of nitrogens with one attached hydrogen (secondary N) is 1. The second-order valence-electron chi connectivity index (χ2n) is 7.21. The Balaban J connectivity index is 1.25. The summed E-state index contributed by atoms with van der Waals surface area (Å²) in [4.78, 5) is 21.2. The summed E-state index contributed by atoms with van der Waals surface area (Å²) in [6, 6.07) is 22.3. The van der Waals surface area contributed by atoms with Crippen LogP contribution < -0.4 is 5.32 Å². The van der Waals surface area contributed by atoms with Gasteiger partial charge in [-0.25, -0.2) is 14.4 Å². The van der Waals surface area contributed by atoms with E-state index in [-0.39, 0.29) is 11.7 Å². The van der Waals surface area contributed by atoms with Gasteiger partial charge in [-0.05, 0) is 47.3 Å². The van der Waals surface area contributed by atoms with Crippen LogP contribution in [0, 0.1) is 5.82 Å². The molecular weight excluding hydrogens is 473 g/mol. The van der Waals surface area contributed by atoms with Crippen LogP contribution in [0.3, 0.4) is 0 Å². The molecule has 0 fully saturated rings. The van der Waals surface area contributed by atoms with E-state index in [0.29, 0.717) is 16.9 Å². The third-order valence-corrected chi connectivity index (χ3v) is 8.11. The number of benzene rings is 3. The highest BCUT2D eigenvalue weighted by atomic mass is 32.2. The van der Waals surface area contributed by atoms with Gasteiger partial charge in [-0.15, -0.1) is 11.3 Å². The second-order valence-corrected chi connectivity index (χ2v) is 10.5. The van der Waals surface area contributed by atoms with Gasteiger partial charge in [0.05, 0.1) is 21.0 Å². The summed E-state index contributed by atoms with van der Waals surface area (Å²) in [7, 11) is 0. The molecule has 0 bridgehead atoms. The first kappa shape index (κ1) is 21.9. The summed E-state index contributed by atoms with van der Waals surface area (Å²) in [6.45, 7) is 0. The molecule has 164 valence electrons. The molecule has 2 aromatic heterocycles. The number of halogens is 1. The van der Waals surface area contributed by atoms with Crippen LogP contribution >= 0.6 is 34.9 Å². The first-order chi connectivity index (χ1) is 16.2. The van der Waals surface area contributed by atoms with Crippen LogP contribution in [0.4, 0.5) is 10.1 Å². The summed E-state index contributed by atoms with van der Waals surface area (Å²) in [5.74, 6) is 0.721. The molecule has 1 amide bonds. The average Bonchev–Trinajstić information content (AvgIpc) is 3.25. The first-order valence-corrected chi connectivity index (χ1v) is 13.0. The number of hydrogen-bond donors (Lipinski definition) is 1. The fraction of sp³-hybridized carbons (Fsp3) is 0.0800. The molecule has 0 spiro atoms. The first-order valence-electron chi connectivity index (χ1n) is 10.2. The Morgan fingerprint density at radius 1 is 0.970 bits per heavy atom. The van der Waals surface area contributed by atoms with Crippen LogP contribution in [0.15, 0.2) is 88.4 Å². The summed E-state index contributed by atoms with van der Waals surface area (Å²) < 4.78 is 16.0. The van der Waals surface area contributed by atoms with Crippen molar-refractivity contribution in [2.45, 2.75) is 15.1 Å². The van der Waals surface area contributed by atoms with Crippen molar-refractivity contribution in [1.82, 2.24) is 9.97 Å². The number of carbonyl (C=O) groups excluding carboxylic acids is 1. The number of aromatic nitrogens is 2. The molecule has 0 aliphatic heterocycles. The lowest BCUT2D eigenvalue weighted by Gasteiger charge is -2.06. The van der Waals surface area contributed by atoms with E-state index >= 15 is 0 Å². The summed E-state index contributed by atoms with van der Waals surface area (Å²) in [5.41, 5.74) is 2.72. The van der Waals surface area contributed by atoms with Gasteiger partial charge in [0, 0.05) is 23.0 Å². The fourth-order valence-corrected chi connectivity index (χ4v) is 6.18. The minimum atomic E-state index is -0.202. The van der Waals surface area contributed by atoms with Gasteiger partial charge in [0.1, 0.15) is 5.82 Å². The zero-order valence-electron chi connectivity index (χ0n) is 17.3. The van der Waals surface area contributed by atoms with Crippen LogP contribution in [0.1, 0.15) is 5.56 Å². The van der Waals surface area contributed by atoms with E-state index in [1.165, 1.54) is 17.8 Å². The monoisotopic (exact) mass is 491 g/mol. The lowest BCUT2D eigenvalue weighted by molar-refractivity contribution is -0.113. The van der Waals surface area contributed by atoms with Gasteiger partial charge in [-0.2, -0.15) is 0 Å². The maximum absolute atomic E-state index is 14.1. The summed E-state index contributed by atoms with van der Waals surface area (Å²) in [6.07, 6.45) is 1.71. The highest BCUT2D eigenvalue weighted by Gasteiger charge is 2.10. The molecule has 5 rings (SSSR count). The van der Waals surface area contributed by atoms with Crippen LogP contribution in [-0.4, -0.2) is 21.6 Å². The topological polar surface area (TPSA) is 54.9 Å².